The molecule has 1 aromatic heterocycles. The monoisotopic (exact) mass is 560 g/mol. The van der Waals surface area contributed by atoms with E-state index in [4.69, 9.17) is 14.2 Å². The SMILES string of the molecule is COC[C@H](NC(=O)c1cnc(C)s1)C(=O)N[C@@H](COC)C(=O)N[C@@H](Cc1ccccc1)C(=O)C1(C)OC1(C)C. The fraction of sp³-hybridized carbons (Fsp3) is 0.519. The molecular weight excluding hydrogens is 524 g/mol. The number of hydrogen-bond donors (Lipinski definition) is 3. The number of nitrogens with zero attached hydrogens (tertiary/aromatic N) is 1. The third-order valence-corrected chi connectivity index (χ3v) is 7.63. The van der Waals surface area contributed by atoms with Gasteiger partial charge in [-0.25, -0.2) is 4.98 Å². The van der Waals surface area contributed by atoms with Gasteiger partial charge in [-0.2, -0.15) is 0 Å². The number of amides is 3. The average molecular weight is 561 g/mol. The van der Waals surface area contributed by atoms with Gasteiger partial charge < -0.3 is 30.2 Å². The van der Waals surface area contributed by atoms with Gasteiger partial charge in [-0.3, -0.25) is 19.2 Å². The van der Waals surface area contributed by atoms with Gasteiger partial charge >= 0.3 is 0 Å². The average Bonchev–Trinajstić information content (AvgIpc) is 3.18. The Hall–Kier alpha value is -3.19. The minimum absolute atomic E-state index is 0.128. The van der Waals surface area contributed by atoms with E-state index in [0.717, 1.165) is 5.56 Å². The highest BCUT2D eigenvalue weighted by Crippen LogP contribution is 2.48. The number of carbonyl (C=O) groups excluding carboxylic acids is 4. The lowest BCUT2D eigenvalue weighted by molar-refractivity contribution is -0.134. The normalized spacial score (nSPS) is 19.8. The van der Waals surface area contributed by atoms with Gasteiger partial charge in [0, 0.05) is 14.2 Å². The highest BCUT2D eigenvalue weighted by Gasteiger charge is 2.66. The number of aryl methyl sites for hydroxylation is 1. The fourth-order valence-electron chi connectivity index (χ4n) is 4.16. The zero-order valence-corrected chi connectivity index (χ0v) is 23.8. The van der Waals surface area contributed by atoms with Crippen molar-refractivity contribution in [2.24, 2.45) is 0 Å². The largest absolute Gasteiger partial charge is 0.382 e. The van der Waals surface area contributed by atoms with E-state index < -0.39 is 47.0 Å². The molecule has 0 radical (unpaired) electrons. The number of thiazole rings is 1. The smallest absolute Gasteiger partial charge is 0.263 e. The van der Waals surface area contributed by atoms with Crippen LogP contribution in [0.1, 0.15) is 41.0 Å². The van der Waals surface area contributed by atoms with Gasteiger partial charge in [0.2, 0.25) is 11.8 Å². The minimum Gasteiger partial charge on any atom is -0.382 e. The van der Waals surface area contributed by atoms with Gasteiger partial charge in [0.15, 0.2) is 11.4 Å². The molecule has 1 unspecified atom stereocenters. The number of aromatic nitrogens is 1. The molecule has 11 nitrogen and oxygen atoms in total. The summed E-state index contributed by atoms with van der Waals surface area (Å²) < 4.78 is 16.0. The summed E-state index contributed by atoms with van der Waals surface area (Å²) in [5.41, 5.74) is -0.860. The van der Waals surface area contributed by atoms with E-state index in [1.807, 2.05) is 44.2 Å². The van der Waals surface area contributed by atoms with Crippen LogP contribution in [0.15, 0.2) is 36.5 Å². The standard InChI is InChI=1S/C27H36N4O7S/c1-16-28-13-21(39-16)25(35)31-20(15-37-6)24(34)30-19(14-36-5)23(33)29-18(12-17-10-8-7-9-11-17)22(32)27(4)26(2,3)38-27/h7-11,13,18-20H,12,14-15H2,1-6H3,(H,29,33)(H,30,34)(H,31,35)/t18-,19-,20-,27?/m0/s1. The van der Waals surface area contributed by atoms with Crippen LogP contribution in [0, 0.1) is 6.92 Å². The Morgan fingerprint density at radius 3 is 1.95 bits per heavy atom. The van der Waals surface area contributed by atoms with Gasteiger partial charge in [0.1, 0.15) is 17.0 Å². The number of hydrogen-bond acceptors (Lipinski definition) is 9. The molecule has 2 aromatic rings. The molecule has 3 amide bonds. The third kappa shape index (κ3) is 7.47. The van der Waals surface area contributed by atoms with E-state index in [0.29, 0.717) is 9.88 Å². The van der Waals surface area contributed by atoms with Crippen LogP contribution in [-0.4, -0.2) is 85.2 Å². The molecule has 3 rings (SSSR count). The van der Waals surface area contributed by atoms with Crippen molar-refractivity contribution in [1.82, 2.24) is 20.9 Å². The van der Waals surface area contributed by atoms with Crippen LogP contribution >= 0.6 is 11.3 Å². The molecule has 0 spiro atoms. The third-order valence-electron chi connectivity index (χ3n) is 6.72. The Balaban J connectivity index is 1.74. The van der Waals surface area contributed by atoms with Crippen molar-refractivity contribution in [3.05, 3.63) is 52.0 Å². The summed E-state index contributed by atoms with van der Waals surface area (Å²) >= 11 is 1.19. The maximum Gasteiger partial charge on any atom is 0.263 e. The molecule has 1 aliphatic heterocycles. The molecule has 0 bridgehead atoms. The van der Waals surface area contributed by atoms with Gasteiger partial charge in [-0.15, -0.1) is 11.3 Å². The van der Waals surface area contributed by atoms with Crippen LogP contribution in [-0.2, 0) is 35.0 Å². The summed E-state index contributed by atoms with van der Waals surface area (Å²) in [7, 11) is 2.78. The Kier molecular flexibility index (Phi) is 9.94. The highest BCUT2D eigenvalue weighted by atomic mass is 32.1. The van der Waals surface area contributed by atoms with Crippen molar-refractivity contribution >= 4 is 34.8 Å². The number of rotatable bonds is 14. The van der Waals surface area contributed by atoms with Crippen LogP contribution < -0.4 is 16.0 Å². The summed E-state index contributed by atoms with van der Waals surface area (Å²) in [5.74, 6) is -2.01. The lowest BCUT2D eigenvalue weighted by Gasteiger charge is -2.25. The number of ether oxygens (including phenoxy) is 3. The summed E-state index contributed by atoms with van der Waals surface area (Å²) in [6.45, 7) is 6.81. The quantitative estimate of drug-likeness (QED) is 0.292. The molecule has 3 N–H and O–H groups in total. The van der Waals surface area contributed by atoms with Crippen molar-refractivity contribution in [2.75, 3.05) is 27.4 Å². The van der Waals surface area contributed by atoms with Gasteiger partial charge in [-0.05, 0) is 39.7 Å². The molecule has 12 heteroatoms. The first-order chi connectivity index (χ1) is 18.4. The molecule has 0 saturated carbocycles. The predicted molar refractivity (Wildman–Crippen MR) is 144 cm³/mol. The molecule has 1 saturated heterocycles. The van der Waals surface area contributed by atoms with E-state index in [2.05, 4.69) is 20.9 Å². The Bertz CT molecular complexity index is 1190. The first-order valence-electron chi connectivity index (χ1n) is 12.5. The molecule has 1 fully saturated rings. The van der Waals surface area contributed by atoms with Crippen molar-refractivity contribution < 1.29 is 33.4 Å². The van der Waals surface area contributed by atoms with Crippen LogP contribution in [0.2, 0.25) is 0 Å². The van der Waals surface area contributed by atoms with Crippen molar-refractivity contribution in [3.63, 3.8) is 0 Å². The molecule has 1 aromatic carbocycles. The predicted octanol–water partition coefficient (Wildman–Crippen LogP) is 1.19. The Morgan fingerprint density at radius 2 is 1.46 bits per heavy atom. The van der Waals surface area contributed by atoms with Crippen LogP contribution in [0.5, 0.6) is 0 Å². The van der Waals surface area contributed by atoms with E-state index >= 15 is 0 Å². The maximum atomic E-state index is 13.5. The van der Waals surface area contributed by atoms with Crippen molar-refractivity contribution in [1.29, 1.82) is 0 Å². The number of ketones is 1. The van der Waals surface area contributed by atoms with Crippen LogP contribution in [0.3, 0.4) is 0 Å². The zero-order valence-electron chi connectivity index (χ0n) is 23.0. The number of benzene rings is 1. The molecule has 39 heavy (non-hydrogen) atoms. The lowest BCUT2D eigenvalue weighted by Crippen LogP contribution is -2.59. The summed E-state index contributed by atoms with van der Waals surface area (Å²) in [4.78, 5) is 57.0. The summed E-state index contributed by atoms with van der Waals surface area (Å²) in [6.07, 6.45) is 1.66. The number of methoxy groups -OCH3 is 2. The van der Waals surface area contributed by atoms with E-state index in [1.54, 1.807) is 13.8 Å². The Morgan fingerprint density at radius 1 is 0.923 bits per heavy atom. The summed E-state index contributed by atoms with van der Waals surface area (Å²) in [5, 5.41) is 8.73. The first-order valence-corrected chi connectivity index (χ1v) is 13.3. The van der Waals surface area contributed by atoms with Crippen molar-refractivity contribution in [2.45, 2.75) is 63.4 Å². The van der Waals surface area contributed by atoms with E-state index in [9.17, 15) is 19.2 Å². The molecular formula is C27H36N4O7S. The second kappa shape index (κ2) is 12.8. The first kappa shape index (κ1) is 30.4. The summed E-state index contributed by atoms with van der Waals surface area (Å²) in [6, 6.07) is 6.16. The second-order valence-electron chi connectivity index (χ2n) is 10.0. The van der Waals surface area contributed by atoms with Crippen LogP contribution in [0.25, 0.3) is 0 Å². The van der Waals surface area contributed by atoms with E-state index in [1.165, 1.54) is 31.8 Å². The molecule has 1 aliphatic rings. The number of epoxide rings is 1. The Labute approximate surface area is 232 Å². The number of nitrogens with one attached hydrogen (secondary N) is 3. The second-order valence-corrected chi connectivity index (χ2v) is 11.2. The minimum atomic E-state index is -1.14. The topological polar surface area (TPSA) is 148 Å². The van der Waals surface area contributed by atoms with Gasteiger partial charge in [0.05, 0.1) is 36.1 Å². The molecule has 2 heterocycles. The number of Topliss-reactive ketones (excluding diaryl/α,β-unsaturated/α-hetero) is 1. The lowest BCUT2D eigenvalue weighted by atomic mass is 9.87. The van der Waals surface area contributed by atoms with Crippen LogP contribution in [0.4, 0.5) is 0 Å². The fourth-order valence-corrected chi connectivity index (χ4v) is 4.84. The van der Waals surface area contributed by atoms with E-state index in [-0.39, 0.29) is 25.4 Å². The van der Waals surface area contributed by atoms with Crippen molar-refractivity contribution in [3.8, 4) is 0 Å². The molecule has 212 valence electrons. The molecule has 4 atom stereocenters. The molecule has 0 aliphatic carbocycles. The van der Waals surface area contributed by atoms with Gasteiger partial charge in [0.25, 0.3) is 5.91 Å². The highest BCUT2D eigenvalue weighted by molar-refractivity contribution is 7.13. The maximum absolute atomic E-state index is 13.5. The zero-order chi connectivity index (χ0) is 28.8. The van der Waals surface area contributed by atoms with Gasteiger partial charge in [-0.1, -0.05) is 30.3 Å². The number of carbonyl (C=O) groups is 4.